The van der Waals surface area contributed by atoms with Gasteiger partial charge in [0.25, 0.3) is 0 Å². The molecule has 0 aliphatic carbocycles. The van der Waals surface area contributed by atoms with Crippen molar-refractivity contribution in [2.75, 3.05) is 13.7 Å². The molecule has 0 fully saturated rings. The average Bonchev–Trinajstić information content (AvgIpc) is 2.92. The first-order valence-corrected chi connectivity index (χ1v) is 7.59. The molecule has 2 heterocycles. The Balaban J connectivity index is 1.98. The number of hydrogen-bond acceptors (Lipinski definition) is 4. The highest BCUT2D eigenvalue weighted by Crippen LogP contribution is 2.35. The fourth-order valence-electron chi connectivity index (χ4n) is 2.43. The molecule has 0 spiro atoms. The van der Waals surface area contributed by atoms with Gasteiger partial charge in [0.15, 0.2) is 11.6 Å². The Labute approximate surface area is 130 Å². The predicted molar refractivity (Wildman–Crippen MR) is 78.8 cm³/mol. The zero-order chi connectivity index (χ0) is 15.9. The Hall–Kier alpha value is -2.02. The molecular formula is C15H14F2N2O2S. The van der Waals surface area contributed by atoms with Crippen molar-refractivity contribution in [3.8, 4) is 16.3 Å². The first kappa shape index (κ1) is 14.9. The quantitative estimate of drug-likeness (QED) is 0.853. The molecule has 1 aromatic heterocycles. The summed E-state index contributed by atoms with van der Waals surface area (Å²) in [6.07, 6.45) is 0.631. The number of carbonyl (C=O) groups excluding carboxylic acids is 1. The standard InChI is InChI=1S/C15H14F2N2O2S/c1-8(20)19-6-5-10-12(7-19)22-15(18-10)9-3-4-11(21-2)14(17)13(9)16/h3-4H,5-7H2,1-2H3. The maximum Gasteiger partial charge on any atom is 0.219 e. The van der Waals surface area contributed by atoms with E-state index in [1.54, 1.807) is 4.90 Å². The molecule has 0 N–H and O–H groups in total. The van der Waals surface area contributed by atoms with Crippen LogP contribution in [0.3, 0.4) is 0 Å². The Bertz CT molecular complexity index is 745. The zero-order valence-electron chi connectivity index (χ0n) is 12.2. The SMILES string of the molecule is COc1ccc(-c2nc3c(s2)CN(C(C)=O)CC3)c(F)c1F. The fraction of sp³-hybridized carbons (Fsp3) is 0.333. The highest BCUT2D eigenvalue weighted by atomic mass is 32.1. The number of thiazole rings is 1. The second-order valence-corrected chi connectivity index (χ2v) is 6.11. The molecule has 0 saturated heterocycles. The number of halogens is 2. The van der Waals surface area contributed by atoms with Crippen molar-refractivity contribution in [2.24, 2.45) is 0 Å². The van der Waals surface area contributed by atoms with Crippen molar-refractivity contribution in [1.29, 1.82) is 0 Å². The minimum absolute atomic E-state index is 0.00210. The van der Waals surface area contributed by atoms with Crippen LogP contribution in [0.4, 0.5) is 8.78 Å². The fourth-order valence-corrected chi connectivity index (χ4v) is 3.58. The number of ether oxygens (including phenoxy) is 1. The van der Waals surface area contributed by atoms with Crippen molar-refractivity contribution in [3.63, 3.8) is 0 Å². The van der Waals surface area contributed by atoms with Crippen LogP contribution in [0, 0.1) is 11.6 Å². The molecular weight excluding hydrogens is 310 g/mol. The van der Waals surface area contributed by atoms with Crippen LogP contribution in [0.25, 0.3) is 10.6 Å². The second-order valence-electron chi connectivity index (χ2n) is 5.02. The molecule has 1 amide bonds. The van der Waals surface area contributed by atoms with Crippen LogP contribution in [0.1, 0.15) is 17.5 Å². The summed E-state index contributed by atoms with van der Waals surface area (Å²) < 4.78 is 32.7. The molecule has 1 aliphatic rings. The van der Waals surface area contributed by atoms with Gasteiger partial charge in [-0.25, -0.2) is 9.37 Å². The molecule has 1 aliphatic heterocycles. The molecule has 1 aromatic carbocycles. The minimum atomic E-state index is -1.02. The smallest absolute Gasteiger partial charge is 0.219 e. The van der Waals surface area contributed by atoms with Crippen LogP contribution in [0.5, 0.6) is 5.75 Å². The molecule has 0 bridgehead atoms. The number of benzene rings is 1. The van der Waals surface area contributed by atoms with Gasteiger partial charge in [-0.2, -0.15) is 4.39 Å². The number of rotatable bonds is 2. The highest BCUT2D eigenvalue weighted by molar-refractivity contribution is 7.15. The molecule has 0 saturated carbocycles. The lowest BCUT2D eigenvalue weighted by atomic mass is 10.1. The maximum atomic E-state index is 14.2. The van der Waals surface area contributed by atoms with Gasteiger partial charge in [-0.1, -0.05) is 0 Å². The van der Waals surface area contributed by atoms with E-state index in [9.17, 15) is 13.6 Å². The monoisotopic (exact) mass is 324 g/mol. The third kappa shape index (κ3) is 2.45. The van der Waals surface area contributed by atoms with E-state index in [0.717, 1.165) is 10.6 Å². The van der Waals surface area contributed by atoms with Crippen LogP contribution >= 0.6 is 11.3 Å². The molecule has 3 rings (SSSR count). The van der Waals surface area contributed by atoms with Crippen LogP contribution < -0.4 is 4.74 Å². The molecule has 0 radical (unpaired) electrons. The van der Waals surface area contributed by atoms with Crippen molar-refractivity contribution in [2.45, 2.75) is 19.9 Å². The van der Waals surface area contributed by atoms with Gasteiger partial charge < -0.3 is 9.64 Å². The van der Waals surface area contributed by atoms with E-state index < -0.39 is 11.6 Å². The molecule has 22 heavy (non-hydrogen) atoms. The second kappa shape index (κ2) is 5.64. The van der Waals surface area contributed by atoms with E-state index in [1.807, 2.05) is 0 Å². The normalized spacial score (nSPS) is 13.9. The molecule has 4 nitrogen and oxygen atoms in total. The highest BCUT2D eigenvalue weighted by Gasteiger charge is 2.24. The summed E-state index contributed by atoms with van der Waals surface area (Å²) >= 11 is 1.29. The summed E-state index contributed by atoms with van der Waals surface area (Å²) in [7, 11) is 1.29. The topological polar surface area (TPSA) is 42.4 Å². The number of amides is 1. The lowest BCUT2D eigenvalue weighted by Crippen LogP contribution is -2.33. The summed E-state index contributed by atoms with van der Waals surface area (Å²) in [6, 6.07) is 2.85. The van der Waals surface area contributed by atoms with E-state index in [0.29, 0.717) is 24.5 Å². The number of aromatic nitrogens is 1. The first-order valence-electron chi connectivity index (χ1n) is 6.77. The molecule has 0 unspecified atom stereocenters. The van der Waals surface area contributed by atoms with Gasteiger partial charge in [0, 0.05) is 30.3 Å². The summed E-state index contributed by atoms with van der Waals surface area (Å²) in [4.78, 5) is 18.5. The lowest BCUT2D eigenvalue weighted by molar-refractivity contribution is -0.129. The van der Waals surface area contributed by atoms with Gasteiger partial charge in [-0.15, -0.1) is 11.3 Å². The zero-order valence-corrected chi connectivity index (χ0v) is 13.0. The number of nitrogens with zero attached hydrogens (tertiary/aromatic N) is 2. The first-order chi connectivity index (χ1) is 10.5. The van der Waals surface area contributed by atoms with Gasteiger partial charge in [0.2, 0.25) is 11.7 Å². The number of hydrogen-bond donors (Lipinski definition) is 0. The molecule has 0 atom stereocenters. The Morgan fingerprint density at radius 3 is 2.82 bits per heavy atom. The van der Waals surface area contributed by atoms with E-state index >= 15 is 0 Å². The van der Waals surface area contributed by atoms with Crippen molar-refractivity contribution < 1.29 is 18.3 Å². The van der Waals surface area contributed by atoms with E-state index in [4.69, 9.17) is 4.74 Å². The average molecular weight is 324 g/mol. The molecule has 7 heteroatoms. The van der Waals surface area contributed by atoms with Gasteiger partial charge in [-0.05, 0) is 12.1 Å². The third-order valence-electron chi connectivity index (χ3n) is 3.67. The number of methoxy groups -OCH3 is 1. The van der Waals surface area contributed by atoms with E-state index in [1.165, 1.54) is 37.5 Å². The van der Waals surface area contributed by atoms with Crippen molar-refractivity contribution >= 4 is 17.2 Å². The van der Waals surface area contributed by atoms with Crippen molar-refractivity contribution in [3.05, 3.63) is 34.3 Å². The number of fused-ring (bicyclic) bond motifs is 1. The van der Waals surface area contributed by atoms with Crippen LogP contribution in [-0.4, -0.2) is 29.4 Å². The predicted octanol–water partition coefficient (Wildman–Crippen LogP) is 3.00. The summed E-state index contributed by atoms with van der Waals surface area (Å²) in [6.45, 7) is 2.60. The minimum Gasteiger partial charge on any atom is -0.494 e. The van der Waals surface area contributed by atoms with E-state index in [2.05, 4.69) is 4.98 Å². The maximum absolute atomic E-state index is 14.2. The summed E-state index contributed by atoms with van der Waals surface area (Å²) in [5, 5.41) is 0.425. The van der Waals surface area contributed by atoms with Gasteiger partial charge in [0.05, 0.1) is 19.3 Å². The third-order valence-corrected chi connectivity index (χ3v) is 4.79. The summed E-state index contributed by atoms with van der Waals surface area (Å²) in [5.74, 6) is -2.11. The van der Waals surface area contributed by atoms with Crippen molar-refractivity contribution in [1.82, 2.24) is 9.88 Å². The summed E-state index contributed by atoms with van der Waals surface area (Å²) in [5.41, 5.74) is 0.972. The van der Waals surface area contributed by atoms with Gasteiger partial charge >= 0.3 is 0 Å². The number of carbonyl (C=O) groups is 1. The van der Waals surface area contributed by atoms with E-state index in [-0.39, 0.29) is 17.2 Å². The van der Waals surface area contributed by atoms with Crippen LogP contribution in [0.2, 0.25) is 0 Å². The largest absolute Gasteiger partial charge is 0.494 e. The molecule has 2 aromatic rings. The van der Waals surface area contributed by atoms with Gasteiger partial charge in [-0.3, -0.25) is 4.79 Å². The Kier molecular flexibility index (Phi) is 3.82. The molecule has 116 valence electrons. The Morgan fingerprint density at radius 1 is 1.36 bits per heavy atom. The van der Waals surface area contributed by atoms with Crippen LogP contribution in [0.15, 0.2) is 12.1 Å². The van der Waals surface area contributed by atoms with Gasteiger partial charge in [0.1, 0.15) is 5.01 Å². The van der Waals surface area contributed by atoms with Crippen LogP contribution in [-0.2, 0) is 17.8 Å². The Morgan fingerprint density at radius 2 is 2.14 bits per heavy atom. The lowest BCUT2D eigenvalue weighted by Gasteiger charge is -2.24.